The van der Waals surface area contributed by atoms with E-state index >= 15 is 0 Å². The largest absolute Gasteiger partial charge is 0.394 e. The van der Waals surface area contributed by atoms with Crippen molar-refractivity contribution in [3.63, 3.8) is 0 Å². The number of fused-ring (bicyclic) bond motifs is 1. The van der Waals surface area contributed by atoms with E-state index in [0.717, 1.165) is 23.6 Å². The van der Waals surface area contributed by atoms with Gasteiger partial charge in [0.25, 0.3) is 0 Å². The molecule has 98 valence electrons. The lowest BCUT2D eigenvalue weighted by molar-refractivity contribution is 0.212. The van der Waals surface area contributed by atoms with Crippen molar-refractivity contribution in [3.8, 4) is 0 Å². The first kappa shape index (κ1) is 12.5. The standard InChI is InChI=1S/C16H16ClNO/c17-13-5-7-14(8-6-13)18-16(11-19)10-9-12-3-1-2-4-15(12)16/h1-8,18-19H,9-11H2. The lowest BCUT2D eigenvalue weighted by Crippen LogP contribution is -2.36. The normalized spacial score (nSPS) is 21.2. The number of benzene rings is 2. The summed E-state index contributed by atoms with van der Waals surface area (Å²) in [5.41, 5.74) is 3.13. The van der Waals surface area contributed by atoms with Crippen molar-refractivity contribution < 1.29 is 5.11 Å². The van der Waals surface area contributed by atoms with Crippen LogP contribution in [0, 0.1) is 0 Å². The summed E-state index contributed by atoms with van der Waals surface area (Å²) in [6.07, 6.45) is 1.91. The van der Waals surface area contributed by atoms with Gasteiger partial charge in [-0.25, -0.2) is 0 Å². The molecule has 0 aliphatic heterocycles. The van der Waals surface area contributed by atoms with Crippen LogP contribution in [-0.4, -0.2) is 11.7 Å². The molecule has 19 heavy (non-hydrogen) atoms. The van der Waals surface area contributed by atoms with E-state index in [2.05, 4.69) is 23.5 Å². The topological polar surface area (TPSA) is 32.3 Å². The van der Waals surface area contributed by atoms with Gasteiger partial charge in [-0.05, 0) is 48.2 Å². The monoisotopic (exact) mass is 273 g/mol. The van der Waals surface area contributed by atoms with Crippen LogP contribution in [0.5, 0.6) is 0 Å². The maximum Gasteiger partial charge on any atom is 0.0862 e. The van der Waals surface area contributed by atoms with Gasteiger partial charge in [0, 0.05) is 10.7 Å². The Morgan fingerprint density at radius 3 is 2.58 bits per heavy atom. The van der Waals surface area contributed by atoms with Crippen molar-refractivity contribution in [1.29, 1.82) is 0 Å². The second-order valence-electron chi connectivity index (χ2n) is 5.03. The number of anilines is 1. The second kappa shape index (κ2) is 4.87. The molecule has 1 unspecified atom stereocenters. The molecule has 1 aliphatic rings. The quantitative estimate of drug-likeness (QED) is 0.896. The Morgan fingerprint density at radius 2 is 1.84 bits per heavy atom. The molecule has 0 amide bonds. The second-order valence-corrected chi connectivity index (χ2v) is 5.47. The summed E-state index contributed by atoms with van der Waals surface area (Å²) in [7, 11) is 0. The summed E-state index contributed by atoms with van der Waals surface area (Å²) in [6, 6.07) is 15.9. The number of nitrogens with one attached hydrogen (secondary N) is 1. The first-order valence-corrected chi connectivity index (χ1v) is 6.84. The van der Waals surface area contributed by atoms with Gasteiger partial charge in [-0.2, -0.15) is 0 Å². The van der Waals surface area contributed by atoms with E-state index in [4.69, 9.17) is 11.6 Å². The van der Waals surface area contributed by atoms with Gasteiger partial charge >= 0.3 is 0 Å². The first-order valence-electron chi connectivity index (χ1n) is 6.46. The predicted octanol–water partition coefficient (Wildman–Crippen LogP) is 3.59. The van der Waals surface area contributed by atoms with Crippen LogP contribution in [0.25, 0.3) is 0 Å². The number of halogens is 1. The smallest absolute Gasteiger partial charge is 0.0862 e. The van der Waals surface area contributed by atoms with Gasteiger partial charge < -0.3 is 10.4 Å². The number of rotatable bonds is 3. The highest BCUT2D eigenvalue weighted by atomic mass is 35.5. The Kier molecular flexibility index (Phi) is 3.21. The number of aryl methyl sites for hydroxylation is 1. The Bertz CT molecular complexity index is 582. The maximum atomic E-state index is 9.89. The molecule has 3 rings (SSSR count). The van der Waals surface area contributed by atoms with Gasteiger partial charge in [-0.3, -0.25) is 0 Å². The van der Waals surface area contributed by atoms with Crippen LogP contribution in [0.4, 0.5) is 5.69 Å². The number of aliphatic hydroxyl groups excluding tert-OH is 1. The van der Waals surface area contributed by atoms with Crippen LogP contribution in [-0.2, 0) is 12.0 Å². The highest BCUT2D eigenvalue weighted by molar-refractivity contribution is 6.30. The molecule has 0 radical (unpaired) electrons. The van der Waals surface area contributed by atoms with Crippen LogP contribution < -0.4 is 5.32 Å². The summed E-state index contributed by atoms with van der Waals surface area (Å²) >= 11 is 5.90. The maximum absolute atomic E-state index is 9.89. The number of hydrogen-bond donors (Lipinski definition) is 2. The molecule has 0 bridgehead atoms. The van der Waals surface area contributed by atoms with Gasteiger partial charge in [0.2, 0.25) is 0 Å². The summed E-state index contributed by atoms with van der Waals surface area (Å²) in [5.74, 6) is 0. The Balaban J connectivity index is 1.95. The average molecular weight is 274 g/mol. The Hall–Kier alpha value is -1.51. The highest BCUT2D eigenvalue weighted by Gasteiger charge is 2.37. The van der Waals surface area contributed by atoms with Gasteiger partial charge in [0.15, 0.2) is 0 Å². The molecular formula is C16H16ClNO. The van der Waals surface area contributed by atoms with Gasteiger partial charge in [-0.1, -0.05) is 35.9 Å². The zero-order valence-electron chi connectivity index (χ0n) is 10.6. The van der Waals surface area contributed by atoms with Crippen molar-refractivity contribution in [3.05, 3.63) is 64.7 Å². The van der Waals surface area contributed by atoms with Crippen LogP contribution in [0.2, 0.25) is 5.02 Å². The summed E-state index contributed by atoms with van der Waals surface area (Å²) < 4.78 is 0. The van der Waals surface area contributed by atoms with Crippen molar-refractivity contribution in [2.75, 3.05) is 11.9 Å². The number of aliphatic hydroxyl groups is 1. The van der Waals surface area contributed by atoms with Gasteiger partial charge in [0.1, 0.15) is 0 Å². The molecule has 3 heteroatoms. The molecule has 0 aromatic heterocycles. The molecular weight excluding hydrogens is 258 g/mol. The van der Waals surface area contributed by atoms with Crippen molar-refractivity contribution in [2.45, 2.75) is 18.4 Å². The first-order chi connectivity index (χ1) is 9.23. The van der Waals surface area contributed by atoms with Gasteiger partial charge in [0.05, 0.1) is 12.1 Å². The Morgan fingerprint density at radius 1 is 1.11 bits per heavy atom. The molecule has 0 spiro atoms. The van der Waals surface area contributed by atoms with Crippen LogP contribution >= 0.6 is 11.6 Å². The van der Waals surface area contributed by atoms with E-state index in [0.29, 0.717) is 0 Å². The molecule has 1 aliphatic carbocycles. The zero-order chi connectivity index (χ0) is 13.3. The molecule has 0 heterocycles. The Labute approximate surface area is 118 Å². The lowest BCUT2D eigenvalue weighted by atomic mass is 9.92. The summed E-state index contributed by atoms with van der Waals surface area (Å²) in [4.78, 5) is 0. The molecule has 2 aromatic carbocycles. The third-order valence-corrected chi connectivity index (χ3v) is 4.10. The molecule has 2 nitrogen and oxygen atoms in total. The fourth-order valence-electron chi connectivity index (χ4n) is 2.83. The molecule has 1 atom stereocenters. The van der Waals surface area contributed by atoms with E-state index < -0.39 is 0 Å². The van der Waals surface area contributed by atoms with Crippen LogP contribution in [0.1, 0.15) is 17.5 Å². The highest BCUT2D eigenvalue weighted by Crippen LogP contribution is 2.39. The molecule has 0 saturated carbocycles. The van der Waals surface area contributed by atoms with E-state index in [1.165, 1.54) is 11.1 Å². The molecule has 2 aromatic rings. The minimum absolute atomic E-state index is 0.0899. The molecule has 0 fully saturated rings. The van der Waals surface area contributed by atoms with E-state index in [-0.39, 0.29) is 12.1 Å². The molecule has 0 saturated heterocycles. The molecule has 2 N–H and O–H groups in total. The van der Waals surface area contributed by atoms with Crippen LogP contribution in [0.15, 0.2) is 48.5 Å². The van der Waals surface area contributed by atoms with Crippen LogP contribution in [0.3, 0.4) is 0 Å². The zero-order valence-corrected chi connectivity index (χ0v) is 11.3. The van der Waals surface area contributed by atoms with Crippen molar-refractivity contribution in [2.24, 2.45) is 0 Å². The average Bonchev–Trinajstić information content (AvgIpc) is 2.81. The van der Waals surface area contributed by atoms with E-state index in [1.54, 1.807) is 0 Å². The van der Waals surface area contributed by atoms with E-state index in [9.17, 15) is 5.11 Å². The lowest BCUT2D eigenvalue weighted by Gasteiger charge is -2.31. The predicted molar refractivity (Wildman–Crippen MR) is 78.6 cm³/mol. The van der Waals surface area contributed by atoms with Crippen molar-refractivity contribution in [1.82, 2.24) is 0 Å². The van der Waals surface area contributed by atoms with Crippen molar-refractivity contribution >= 4 is 17.3 Å². The number of hydrogen-bond acceptors (Lipinski definition) is 2. The fourth-order valence-corrected chi connectivity index (χ4v) is 2.96. The van der Waals surface area contributed by atoms with E-state index in [1.807, 2.05) is 30.3 Å². The summed E-state index contributed by atoms with van der Waals surface area (Å²) in [5, 5.41) is 14.1. The third kappa shape index (κ3) is 2.22. The van der Waals surface area contributed by atoms with Gasteiger partial charge in [-0.15, -0.1) is 0 Å². The third-order valence-electron chi connectivity index (χ3n) is 3.85. The fraction of sp³-hybridized carbons (Fsp3) is 0.250. The summed E-state index contributed by atoms with van der Waals surface area (Å²) in [6.45, 7) is 0.0899. The minimum Gasteiger partial charge on any atom is -0.394 e. The SMILES string of the molecule is OCC1(Nc2ccc(Cl)cc2)CCc2ccccc21. The minimum atomic E-state index is -0.371.